The second-order valence-electron chi connectivity index (χ2n) is 7.25. The molecule has 0 aliphatic heterocycles. The molecule has 7 nitrogen and oxygen atoms in total. The van der Waals surface area contributed by atoms with E-state index in [-0.39, 0.29) is 29.6 Å². The smallest absolute Gasteiger partial charge is 0.431 e. The molecule has 0 atom stereocenters. The van der Waals surface area contributed by atoms with Gasteiger partial charge in [-0.2, -0.15) is 4.57 Å². The lowest BCUT2D eigenvalue weighted by atomic mass is 10.2. The highest BCUT2D eigenvalue weighted by Crippen LogP contribution is 2.25. The third-order valence-electron chi connectivity index (χ3n) is 5.47. The molecule has 0 bridgehead atoms. The van der Waals surface area contributed by atoms with Crippen molar-refractivity contribution >= 4 is 27.8 Å². The van der Waals surface area contributed by atoms with Gasteiger partial charge in [-0.1, -0.05) is 46.9 Å². The molecule has 0 spiro atoms. The molecule has 8 heteroatoms. The first-order valence-electron chi connectivity index (χ1n) is 9.66. The molecular formula is C22H19FN5O2+. The first-order chi connectivity index (χ1) is 14.5. The molecule has 0 radical (unpaired) electrons. The van der Waals surface area contributed by atoms with Gasteiger partial charge in [0, 0.05) is 12.4 Å². The van der Waals surface area contributed by atoms with Crippen LogP contribution in [0.2, 0.25) is 0 Å². The van der Waals surface area contributed by atoms with Gasteiger partial charge in [-0.15, -0.1) is 0 Å². The average molecular weight is 404 g/mol. The van der Waals surface area contributed by atoms with Gasteiger partial charge in [0.2, 0.25) is 5.65 Å². The fourth-order valence-corrected chi connectivity index (χ4v) is 3.89. The molecule has 0 aliphatic rings. The standard InChI is InChI=1S/C22H18FN5O2/c1-3-15-20(29)27(12-13-8-10-14(23)11-9-13)22-24-19-18(25-28(22)21(15)30)16-6-4-5-7-17(16)26(19)2/h4-11H,3,12H2,1-2H3/p+1. The predicted molar refractivity (Wildman–Crippen MR) is 110 cm³/mol. The minimum atomic E-state index is -0.400. The summed E-state index contributed by atoms with van der Waals surface area (Å²) in [5.41, 5.74) is 2.78. The molecule has 5 rings (SSSR count). The zero-order valence-electron chi connectivity index (χ0n) is 16.5. The largest absolute Gasteiger partial charge is 0.483 e. The summed E-state index contributed by atoms with van der Waals surface area (Å²) in [6, 6.07) is 13.7. The number of hydrogen-bond acceptors (Lipinski definition) is 4. The molecule has 0 amide bonds. The van der Waals surface area contributed by atoms with Crippen molar-refractivity contribution in [3.05, 3.63) is 75.8 Å². The van der Waals surface area contributed by atoms with Gasteiger partial charge in [0.15, 0.2) is 5.52 Å². The summed E-state index contributed by atoms with van der Waals surface area (Å²) in [5, 5.41) is 16.4. The Morgan fingerprint density at radius 2 is 1.87 bits per heavy atom. The summed E-state index contributed by atoms with van der Waals surface area (Å²) in [7, 11) is 1.89. The first kappa shape index (κ1) is 18.2. The number of halogens is 1. The summed E-state index contributed by atoms with van der Waals surface area (Å²) in [6.07, 6.45) is 0.340. The molecule has 3 heterocycles. The van der Waals surface area contributed by atoms with E-state index in [0.717, 1.165) is 16.5 Å². The molecule has 3 aromatic heterocycles. The van der Waals surface area contributed by atoms with Crippen molar-refractivity contribution in [1.29, 1.82) is 0 Å². The third-order valence-corrected chi connectivity index (χ3v) is 5.47. The average Bonchev–Trinajstić information content (AvgIpc) is 3.04. The fourth-order valence-electron chi connectivity index (χ4n) is 3.89. The number of nitrogens with zero attached hydrogens (tertiary/aromatic N) is 5. The second kappa shape index (κ2) is 6.62. The van der Waals surface area contributed by atoms with Gasteiger partial charge in [-0.05, 0) is 35.2 Å². The lowest BCUT2D eigenvalue weighted by Gasteiger charge is -2.09. The summed E-state index contributed by atoms with van der Waals surface area (Å²) in [5.74, 6) is -0.273. The van der Waals surface area contributed by atoms with Crippen LogP contribution in [0.3, 0.4) is 0 Å². The van der Waals surface area contributed by atoms with Gasteiger partial charge in [-0.3, -0.25) is 0 Å². The van der Waals surface area contributed by atoms with Crippen molar-refractivity contribution < 1.29 is 14.1 Å². The maximum atomic E-state index is 13.3. The fraction of sp³-hybridized carbons (Fsp3) is 0.182. The van der Waals surface area contributed by atoms with E-state index in [9.17, 15) is 14.3 Å². The van der Waals surface area contributed by atoms with Crippen LogP contribution in [-0.4, -0.2) is 24.3 Å². The number of hydrogen-bond donors (Lipinski definition) is 1. The number of fused-ring (bicyclic) bond motifs is 4. The summed E-state index contributed by atoms with van der Waals surface area (Å²) >= 11 is 0. The van der Waals surface area contributed by atoms with Crippen LogP contribution in [0.15, 0.2) is 53.3 Å². The molecule has 5 aromatic rings. The Balaban J connectivity index is 1.89. The normalized spacial score (nSPS) is 11.7. The highest BCUT2D eigenvalue weighted by Gasteiger charge is 2.27. The van der Waals surface area contributed by atoms with Crippen molar-refractivity contribution in [1.82, 2.24) is 19.2 Å². The maximum Gasteiger partial charge on any atom is 0.431 e. The predicted octanol–water partition coefficient (Wildman–Crippen LogP) is 2.48. The monoisotopic (exact) mass is 404 g/mol. The number of aromatic nitrogens is 5. The molecular weight excluding hydrogens is 385 g/mol. The number of benzene rings is 2. The van der Waals surface area contributed by atoms with Crippen molar-refractivity contribution in [3.8, 4) is 5.88 Å². The Labute approximate surface area is 170 Å². The SMILES string of the molecule is CCc1c(O)[n+](Cc2ccc(F)cc2)c2nc3c(nn2c1=O)c1ccccc1n3C. The third kappa shape index (κ3) is 2.57. The van der Waals surface area contributed by atoms with Crippen LogP contribution in [0.4, 0.5) is 4.39 Å². The Morgan fingerprint density at radius 3 is 2.60 bits per heavy atom. The number of aryl methyl sites for hydroxylation is 1. The van der Waals surface area contributed by atoms with E-state index in [0.29, 0.717) is 17.6 Å². The Kier molecular flexibility index (Phi) is 4.02. The number of aromatic hydroxyl groups is 1. The second-order valence-corrected chi connectivity index (χ2v) is 7.25. The van der Waals surface area contributed by atoms with Crippen molar-refractivity contribution in [2.75, 3.05) is 0 Å². The lowest BCUT2D eigenvalue weighted by molar-refractivity contribution is -0.674. The van der Waals surface area contributed by atoms with Crippen molar-refractivity contribution in [2.24, 2.45) is 7.05 Å². The van der Waals surface area contributed by atoms with E-state index in [1.54, 1.807) is 19.1 Å². The molecule has 1 N–H and O–H groups in total. The van der Waals surface area contributed by atoms with Crippen LogP contribution in [0.5, 0.6) is 5.88 Å². The molecule has 0 saturated carbocycles. The van der Waals surface area contributed by atoms with Gasteiger partial charge < -0.3 is 9.67 Å². The minimum Gasteiger partial charge on any atom is -0.483 e. The zero-order chi connectivity index (χ0) is 21.0. The van der Waals surface area contributed by atoms with E-state index < -0.39 is 5.56 Å². The zero-order valence-corrected chi connectivity index (χ0v) is 16.5. The van der Waals surface area contributed by atoms with E-state index >= 15 is 0 Å². The van der Waals surface area contributed by atoms with Crippen molar-refractivity contribution in [2.45, 2.75) is 19.9 Å². The molecule has 150 valence electrons. The van der Waals surface area contributed by atoms with E-state index in [1.165, 1.54) is 21.2 Å². The van der Waals surface area contributed by atoms with Crippen LogP contribution in [0.1, 0.15) is 18.1 Å². The van der Waals surface area contributed by atoms with Crippen LogP contribution >= 0.6 is 0 Å². The molecule has 0 unspecified atom stereocenters. The Morgan fingerprint density at radius 1 is 1.13 bits per heavy atom. The highest BCUT2D eigenvalue weighted by atomic mass is 19.1. The molecule has 30 heavy (non-hydrogen) atoms. The number of para-hydroxylation sites is 1. The summed E-state index contributed by atoms with van der Waals surface area (Å²) < 4.78 is 18.0. The van der Waals surface area contributed by atoms with Crippen molar-refractivity contribution in [3.63, 3.8) is 0 Å². The maximum absolute atomic E-state index is 13.3. The van der Waals surface area contributed by atoms with Crippen LogP contribution < -0.4 is 10.1 Å². The summed E-state index contributed by atoms with van der Waals surface area (Å²) in [4.78, 5) is 17.8. The minimum absolute atomic E-state index is 0.153. The molecule has 0 aliphatic carbocycles. The molecule has 0 saturated heterocycles. The van der Waals surface area contributed by atoms with Crippen LogP contribution in [-0.2, 0) is 20.0 Å². The molecule has 0 fully saturated rings. The van der Waals surface area contributed by atoms with Gasteiger partial charge >= 0.3 is 11.3 Å². The van der Waals surface area contributed by atoms with Gasteiger partial charge in [0.25, 0.3) is 5.88 Å². The number of rotatable bonds is 3. The van der Waals surface area contributed by atoms with Crippen LogP contribution in [0.25, 0.3) is 27.8 Å². The van der Waals surface area contributed by atoms with E-state index in [2.05, 4.69) is 5.10 Å². The quantitative estimate of drug-likeness (QED) is 0.469. The highest BCUT2D eigenvalue weighted by molar-refractivity contribution is 6.04. The lowest BCUT2D eigenvalue weighted by Crippen LogP contribution is -2.43. The first-order valence-corrected chi connectivity index (χ1v) is 9.66. The van der Waals surface area contributed by atoms with Gasteiger partial charge in [-0.25, -0.2) is 9.18 Å². The van der Waals surface area contributed by atoms with Gasteiger partial charge in [0.1, 0.15) is 17.9 Å². The Hall–Kier alpha value is -3.81. The topological polar surface area (TPSA) is 76.3 Å². The van der Waals surface area contributed by atoms with E-state index in [4.69, 9.17) is 4.98 Å². The summed E-state index contributed by atoms with van der Waals surface area (Å²) in [6.45, 7) is 2.02. The Bertz CT molecular complexity index is 1500. The van der Waals surface area contributed by atoms with Gasteiger partial charge in [0.05, 0.1) is 5.52 Å². The van der Waals surface area contributed by atoms with Crippen LogP contribution in [0, 0.1) is 5.82 Å². The van der Waals surface area contributed by atoms with E-state index in [1.807, 2.05) is 35.9 Å². The molecule has 2 aromatic carbocycles.